The molecule has 1 atom stereocenters. The summed E-state index contributed by atoms with van der Waals surface area (Å²) in [5, 5.41) is 3.10. The van der Waals surface area contributed by atoms with Gasteiger partial charge in [0.15, 0.2) is 0 Å². The second kappa shape index (κ2) is 6.55. The number of hydrogen-bond acceptors (Lipinski definition) is 3. The van der Waals surface area contributed by atoms with Crippen LogP contribution in [0.5, 0.6) is 0 Å². The maximum atomic E-state index is 12.0. The number of nitrogens with one attached hydrogen (secondary N) is 1. The summed E-state index contributed by atoms with van der Waals surface area (Å²) < 4.78 is 0. The molecule has 0 aliphatic heterocycles. The minimum Gasteiger partial charge on any atom is -0.397 e. The molecular weight excluding hydrogens is 238 g/mol. The third-order valence-corrected chi connectivity index (χ3v) is 3.93. The summed E-state index contributed by atoms with van der Waals surface area (Å²) in [5.74, 6) is 0.687. The van der Waals surface area contributed by atoms with Gasteiger partial charge in [0, 0.05) is 11.7 Å². The van der Waals surface area contributed by atoms with Crippen LogP contribution >= 0.6 is 0 Å². The second-order valence-electron chi connectivity index (χ2n) is 5.51. The molecule has 4 nitrogen and oxygen atoms in total. The van der Waals surface area contributed by atoms with E-state index in [1.807, 2.05) is 0 Å². The van der Waals surface area contributed by atoms with Crippen molar-refractivity contribution in [1.29, 1.82) is 0 Å². The third kappa shape index (κ3) is 4.23. The highest BCUT2D eigenvalue weighted by molar-refractivity contribution is 5.78. The fraction of sp³-hybridized carbons (Fsp3) is 0.600. The summed E-state index contributed by atoms with van der Waals surface area (Å²) in [6, 6.07) is 3.85. The van der Waals surface area contributed by atoms with E-state index in [4.69, 9.17) is 5.73 Å². The molecule has 0 radical (unpaired) electrons. The highest BCUT2D eigenvalue weighted by Crippen LogP contribution is 2.26. The molecule has 104 valence electrons. The van der Waals surface area contributed by atoms with E-state index in [0.29, 0.717) is 18.0 Å². The number of amides is 1. The van der Waals surface area contributed by atoms with Gasteiger partial charge < -0.3 is 11.1 Å². The van der Waals surface area contributed by atoms with Gasteiger partial charge >= 0.3 is 0 Å². The monoisotopic (exact) mass is 261 g/mol. The summed E-state index contributed by atoms with van der Waals surface area (Å²) in [5.41, 5.74) is 6.96. The van der Waals surface area contributed by atoms with E-state index in [9.17, 15) is 4.79 Å². The lowest BCUT2D eigenvalue weighted by Crippen LogP contribution is -2.39. The van der Waals surface area contributed by atoms with Crippen LogP contribution in [0.25, 0.3) is 0 Å². The van der Waals surface area contributed by atoms with Gasteiger partial charge in [0.1, 0.15) is 0 Å². The summed E-state index contributed by atoms with van der Waals surface area (Å²) in [6.45, 7) is 2.12. The predicted molar refractivity (Wildman–Crippen MR) is 76.5 cm³/mol. The van der Waals surface area contributed by atoms with E-state index < -0.39 is 0 Å². The molecule has 1 heterocycles. The first-order valence-corrected chi connectivity index (χ1v) is 7.15. The van der Waals surface area contributed by atoms with Crippen molar-refractivity contribution in [2.45, 2.75) is 51.5 Å². The number of carbonyl (C=O) groups is 1. The molecule has 2 rings (SSSR count). The number of carbonyl (C=O) groups excluding carboxylic acids is 1. The minimum atomic E-state index is 0.0512. The molecule has 1 aliphatic rings. The van der Waals surface area contributed by atoms with E-state index in [-0.39, 0.29) is 11.9 Å². The molecule has 0 aromatic carbocycles. The zero-order valence-electron chi connectivity index (χ0n) is 11.6. The van der Waals surface area contributed by atoms with Crippen LogP contribution in [0.3, 0.4) is 0 Å². The molecule has 4 heteroatoms. The highest BCUT2D eigenvalue weighted by atomic mass is 16.1. The van der Waals surface area contributed by atoms with Gasteiger partial charge in [-0.15, -0.1) is 0 Å². The van der Waals surface area contributed by atoms with Crippen molar-refractivity contribution < 1.29 is 4.79 Å². The second-order valence-corrected chi connectivity index (χ2v) is 5.51. The molecule has 0 spiro atoms. The van der Waals surface area contributed by atoms with Crippen LogP contribution in [-0.2, 0) is 11.2 Å². The van der Waals surface area contributed by atoms with Crippen molar-refractivity contribution in [3.8, 4) is 0 Å². The zero-order chi connectivity index (χ0) is 13.7. The Balaban J connectivity index is 1.81. The first-order valence-electron chi connectivity index (χ1n) is 7.15. The Morgan fingerprint density at radius 2 is 2.16 bits per heavy atom. The Labute approximate surface area is 114 Å². The van der Waals surface area contributed by atoms with Crippen LogP contribution in [0, 0.1) is 5.92 Å². The largest absolute Gasteiger partial charge is 0.397 e. The van der Waals surface area contributed by atoms with Gasteiger partial charge in [-0.2, -0.15) is 0 Å². The normalized spacial score (nSPS) is 17.9. The first kappa shape index (κ1) is 13.8. The summed E-state index contributed by atoms with van der Waals surface area (Å²) in [6.07, 6.45) is 8.33. The molecule has 0 saturated heterocycles. The van der Waals surface area contributed by atoms with Crippen LogP contribution in [0.4, 0.5) is 5.69 Å². The molecule has 1 fully saturated rings. The standard InChI is InChI=1S/C15H23N3O/c1-11(12-5-3-2-4-6-12)18-15(19)9-14-8-7-13(16)10-17-14/h7-8,10-12H,2-6,9,16H2,1H3,(H,18,19). The lowest BCUT2D eigenvalue weighted by atomic mass is 9.84. The van der Waals surface area contributed by atoms with Gasteiger partial charge in [0.2, 0.25) is 5.91 Å². The Bertz CT molecular complexity index is 410. The number of hydrogen-bond donors (Lipinski definition) is 2. The molecule has 1 amide bonds. The number of pyridine rings is 1. The Morgan fingerprint density at radius 3 is 2.79 bits per heavy atom. The summed E-state index contributed by atoms with van der Waals surface area (Å²) in [4.78, 5) is 16.1. The molecule has 1 aromatic heterocycles. The molecule has 1 aromatic rings. The van der Waals surface area contributed by atoms with E-state index in [1.54, 1.807) is 18.3 Å². The van der Waals surface area contributed by atoms with Crippen molar-refractivity contribution in [3.63, 3.8) is 0 Å². The fourth-order valence-electron chi connectivity index (χ4n) is 2.76. The summed E-state index contributed by atoms with van der Waals surface area (Å²) >= 11 is 0. The average molecular weight is 261 g/mol. The predicted octanol–water partition coefficient (Wildman–Crippen LogP) is 2.29. The lowest BCUT2D eigenvalue weighted by molar-refractivity contribution is -0.121. The number of nitrogen functional groups attached to an aromatic ring is 1. The molecule has 3 N–H and O–H groups in total. The number of rotatable bonds is 4. The van der Waals surface area contributed by atoms with E-state index in [1.165, 1.54) is 32.1 Å². The van der Waals surface area contributed by atoms with Crippen LogP contribution in [0.2, 0.25) is 0 Å². The number of nitrogens with zero attached hydrogens (tertiary/aromatic N) is 1. The van der Waals surface area contributed by atoms with E-state index in [0.717, 1.165) is 5.69 Å². The van der Waals surface area contributed by atoms with Crippen molar-refractivity contribution in [1.82, 2.24) is 10.3 Å². The maximum absolute atomic E-state index is 12.0. The van der Waals surface area contributed by atoms with Crippen LogP contribution < -0.4 is 11.1 Å². The topological polar surface area (TPSA) is 68.0 Å². The van der Waals surface area contributed by atoms with Gasteiger partial charge in [0.05, 0.1) is 18.3 Å². The van der Waals surface area contributed by atoms with Gasteiger partial charge in [0.25, 0.3) is 0 Å². The maximum Gasteiger partial charge on any atom is 0.226 e. The first-order chi connectivity index (χ1) is 9.15. The van der Waals surface area contributed by atoms with Crippen molar-refractivity contribution >= 4 is 11.6 Å². The average Bonchev–Trinajstić information content (AvgIpc) is 2.42. The number of nitrogens with two attached hydrogens (primary N) is 1. The fourth-order valence-corrected chi connectivity index (χ4v) is 2.76. The smallest absolute Gasteiger partial charge is 0.226 e. The van der Waals surface area contributed by atoms with Gasteiger partial charge in [-0.05, 0) is 37.8 Å². The van der Waals surface area contributed by atoms with Crippen molar-refractivity contribution in [2.24, 2.45) is 5.92 Å². The number of anilines is 1. The molecule has 1 unspecified atom stereocenters. The van der Waals surface area contributed by atoms with Crippen molar-refractivity contribution in [3.05, 3.63) is 24.0 Å². The summed E-state index contributed by atoms with van der Waals surface area (Å²) in [7, 11) is 0. The van der Waals surface area contributed by atoms with Gasteiger partial charge in [-0.1, -0.05) is 19.3 Å². The number of aromatic nitrogens is 1. The lowest BCUT2D eigenvalue weighted by Gasteiger charge is -2.28. The van der Waals surface area contributed by atoms with Crippen molar-refractivity contribution in [2.75, 3.05) is 5.73 Å². The van der Waals surface area contributed by atoms with E-state index in [2.05, 4.69) is 17.2 Å². The highest BCUT2D eigenvalue weighted by Gasteiger charge is 2.21. The Hall–Kier alpha value is -1.58. The van der Waals surface area contributed by atoms with Gasteiger partial charge in [-0.3, -0.25) is 9.78 Å². The molecule has 1 aliphatic carbocycles. The Kier molecular flexibility index (Phi) is 4.77. The molecule has 1 saturated carbocycles. The van der Waals surface area contributed by atoms with Gasteiger partial charge in [-0.25, -0.2) is 0 Å². The minimum absolute atomic E-state index is 0.0512. The molecular formula is C15H23N3O. The van der Waals surface area contributed by atoms with E-state index >= 15 is 0 Å². The molecule has 0 bridgehead atoms. The van der Waals surface area contributed by atoms with Crippen LogP contribution in [-0.4, -0.2) is 16.9 Å². The molecule has 19 heavy (non-hydrogen) atoms. The zero-order valence-corrected chi connectivity index (χ0v) is 11.6. The quantitative estimate of drug-likeness (QED) is 0.873. The SMILES string of the molecule is CC(NC(=O)Cc1ccc(N)cn1)C1CCCCC1. The van der Waals surface area contributed by atoms with Crippen LogP contribution in [0.15, 0.2) is 18.3 Å². The van der Waals surface area contributed by atoms with Crippen LogP contribution in [0.1, 0.15) is 44.7 Å². The third-order valence-electron chi connectivity index (χ3n) is 3.93. The Morgan fingerprint density at radius 1 is 1.42 bits per heavy atom.